The van der Waals surface area contributed by atoms with Crippen LogP contribution in [-0.4, -0.2) is 17.6 Å². The Balaban J connectivity index is 1.89. The molecule has 0 bridgehead atoms. The lowest BCUT2D eigenvalue weighted by Gasteiger charge is -2.25. The second-order valence-electron chi connectivity index (χ2n) is 5.88. The van der Waals surface area contributed by atoms with Gasteiger partial charge in [-0.1, -0.05) is 32.1 Å². The zero-order valence-corrected chi connectivity index (χ0v) is 12.8. The minimum Gasteiger partial charge on any atom is -0.384 e. The van der Waals surface area contributed by atoms with Crippen molar-refractivity contribution in [1.29, 1.82) is 0 Å². The van der Waals surface area contributed by atoms with Crippen molar-refractivity contribution in [1.82, 2.24) is 5.32 Å². The fraction of sp³-hybridized carbons (Fsp3) is 0.562. The van der Waals surface area contributed by atoms with Gasteiger partial charge < -0.3 is 10.4 Å². The molecule has 2 N–H and O–H groups in total. The lowest BCUT2D eigenvalue weighted by atomic mass is 9.81. The highest BCUT2D eigenvalue weighted by Crippen LogP contribution is 2.42. The molecule has 3 nitrogen and oxygen atoms in total. The quantitative estimate of drug-likeness (QED) is 0.841. The van der Waals surface area contributed by atoms with E-state index in [1.165, 1.54) is 0 Å². The van der Waals surface area contributed by atoms with Crippen molar-refractivity contribution in [3.05, 3.63) is 21.9 Å². The SMILES string of the molecule is CC1(C)CCCC1C(=O)NCc1ccc(C#CCO)s1. The highest BCUT2D eigenvalue weighted by atomic mass is 32.1. The maximum absolute atomic E-state index is 12.2. The Morgan fingerprint density at radius 2 is 2.35 bits per heavy atom. The second-order valence-corrected chi connectivity index (χ2v) is 7.05. The van der Waals surface area contributed by atoms with Gasteiger partial charge in [0.2, 0.25) is 5.91 Å². The highest BCUT2D eigenvalue weighted by Gasteiger charge is 2.38. The van der Waals surface area contributed by atoms with E-state index in [1.807, 2.05) is 12.1 Å². The van der Waals surface area contributed by atoms with Crippen LogP contribution in [0.2, 0.25) is 0 Å². The Morgan fingerprint density at radius 1 is 1.55 bits per heavy atom. The fourth-order valence-corrected chi connectivity index (χ4v) is 3.60. The van der Waals surface area contributed by atoms with Crippen LogP contribution in [0.25, 0.3) is 0 Å². The molecule has 108 valence electrons. The monoisotopic (exact) mass is 291 g/mol. The van der Waals surface area contributed by atoms with Gasteiger partial charge in [-0.25, -0.2) is 0 Å². The normalized spacial score (nSPS) is 20.2. The summed E-state index contributed by atoms with van der Waals surface area (Å²) in [4.78, 5) is 14.3. The summed E-state index contributed by atoms with van der Waals surface area (Å²) in [7, 11) is 0. The lowest BCUT2D eigenvalue weighted by Crippen LogP contribution is -2.35. The van der Waals surface area contributed by atoms with Crippen LogP contribution in [0.4, 0.5) is 0 Å². The van der Waals surface area contributed by atoms with Gasteiger partial charge in [0.25, 0.3) is 0 Å². The van der Waals surface area contributed by atoms with Crippen molar-refractivity contribution in [2.75, 3.05) is 6.61 Å². The van der Waals surface area contributed by atoms with Gasteiger partial charge in [-0.15, -0.1) is 11.3 Å². The third kappa shape index (κ3) is 3.62. The van der Waals surface area contributed by atoms with Crippen LogP contribution in [0, 0.1) is 23.2 Å². The fourth-order valence-electron chi connectivity index (χ4n) is 2.78. The van der Waals surface area contributed by atoms with Crippen LogP contribution >= 0.6 is 11.3 Å². The predicted molar refractivity (Wildman–Crippen MR) is 81.3 cm³/mol. The average molecular weight is 291 g/mol. The zero-order chi connectivity index (χ0) is 14.6. The van der Waals surface area contributed by atoms with Gasteiger partial charge in [0.15, 0.2) is 0 Å². The molecule has 1 aliphatic carbocycles. The van der Waals surface area contributed by atoms with E-state index in [0.29, 0.717) is 6.54 Å². The molecule has 0 aromatic carbocycles. The standard InChI is InChI=1S/C16H21NO2S/c1-16(2)9-3-6-14(16)15(19)17-11-13-8-7-12(20-13)5-4-10-18/h7-8,14,18H,3,6,9-11H2,1-2H3,(H,17,19). The number of carbonyl (C=O) groups is 1. The van der Waals surface area contributed by atoms with Gasteiger partial charge in [0, 0.05) is 10.8 Å². The summed E-state index contributed by atoms with van der Waals surface area (Å²) in [6, 6.07) is 3.90. The molecule has 1 aromatic rings. The third-order valence-corrected chi connectivity index (χ3v) is 4.96. The zero-order valence-electron chi connectivity index (χ0n) is 12.0. The maximum Gasteiger partial charge on any atom is 0.223 e. The molecule has 1 saturated carbocycles. The summed E-state index contributed by atoms with van der Waals surface area (Å²) in [5, 5.41) is 11.7. The number of nitrogens with one attached hydrogen (secondary N) is 1. The first-order valence-corrected chi connectivity index (χ1v) is 7.81. The maximum atomic E-state index is 12.2. The van der Waals surface area contributed by atoms with Crippen LogP contribution in [0.15, 0.2) is 12.1 Å². The van der Waals surface area contributed by atoms with E-state index in [0.717, 1.165) is 29.0 Å². The Morgan fingerprint density at radius 3 is 3.00 bits per heavy atom. The topological polar surface area (TPSA) is 49.3 Å². The molecule has 20 heavy (non-hydrogen) atoms. The summed E-state index contributed by atoms with van der Waals surface area (Å²) in [5.74, 6) is 5.81. The van der Waals surface area contributed by atoms with Crippen molar-refractivity contribution in [3.63, 3.8) is 0 Å². The molecule has 1 aromatic heterocycles. The van der Waals surface area contributed by atoms with E-state index >= 15 is 0 Å². The van der Waals surface area contributed by atoms with Gasteiger partial charge >= 0.3 is 0 Å². The molecule has 1 heterocycles. The van der Waals surface area contributed by atoms with E-state index in [1.54, 1.807) is 11.3 Å². The van der Waals surface area contributed by atoms with Crippen LogP contribution in [0.1, 0.15) is 42.9 Å². The number of thiophene rings is 1. The number of carbonyl (C=O) groups excluding carboxylic acids is 1. The summed E-state index contributed by atoms with van der Waals surface area (Å²) in [5.41, 5.74) is 0.122. The van der Waals surface area contributed by atoms with Crippen molar-refractivity contribution in [2.24, 2.45) is 11.3 Å². The molecule has 0 aliphatic heterocycles. The van der Waals surface area contributed by atoms with E-state index in [9.17, 15) is 4.79 Å². The minimum absolute atomic E-state index is 0.122. The van der Waals surface area contributed by atoms with Gasteiger partial charge in [0.05, 0.1) is 11.4 Å². The molecule has 1 fully saturated rings. The molecule has 4 heteroatoms. The Bertz CT molecular complexity index is 536. The van der Waals surface area contributed by atoms with Crippen molar-refractivity contribution in [3.8, 4) is 11.8 Å². The molecular formula is C16H21NO2S. The molecule has 0 spiro atoms. The number of hydrogen-bond acceptors (Lipinski definition) is 3. The molecule has 1 amide bonds. The Labute approximate surface area is 124 Å². The molecular weight excluding hydrogens is 270 g/mol. The molecule has 1 aliphatic rings. The van der Waals surface area contributed by atoms with E-state index in [2.05, 4.69) is 31.0 Å². The van der Waals surface area contributed by atoms with Crippen LogP contribution < -0.4 is 5.32 Å². The minimum atomic E-state index is -0.124. The molecule has 0 radical (unpaired) electrons. The lowest BCUT2D eigenvalue weighted by molar-refractivity contribution is -0.127. The first-order chi connectivity index (χ1) is 9.53. The first kappa shape index (κ1) is 15.1. The molecule has 1 atom stereocenters. The summed E-state index contributed by atoms with van der Waals surface area (Å²) >= 11 is 1.56. The summed E-state index contributed by atoms with van der Waals surface area (Å²) in [6.07, 6.45) is 3.27. The highest BCUT2D eigenvalue weighted by molar-refractivity contribution is 7.12. The van der Waals surface area contributed by atoms with Gasteiger partial charge in [0.1, 0.15) is 6.61 Å². The van der Waals surface area contributed by atoms with Crippen LogP contribution in [-0.2, 0) is 11.3 Å². The third-order valence-electron chi connectivity index (χ3n) is 3.96. The van der Waals surface area contributed by atoms with E-state index < -0.39 is 0 Å². The molecule has 0 saturated heterocycles. The second kappa shape index (κ2) is 6.43. The Hall–Kier alpha value is -1.31. The number of hydrogen-bond donors (Lipinski definition) is 2. The Kier molecular flexibility index (Phi) is 4.85. The van der Waals surface area contributed by atoms with Crippen LogP contribution in [0.3, 0.4) is 0 Å². The largest absolute Gasteiger partial charge is 0.384 e. The first-order valence-electron chi connectivity index (χ1n) is 6.99. The van der Waals surface area contributed by atoms with Gasteiger partial charge in [-0.2, -0.15) is 0 Å². The average Bonchev–Trinajstić information content (AvgIpc) is 2.99. The van der Waals surface area contributed by atoms with Crippen molar-refractivity contribution < 1.29 is 9.90 Å². The summed E-state index contributed by atoms with van der Waals surface area (Å²) in [6.45, 7) is 4.80. The van der Waals surface area contributed by atoms with Crippen molar-refractivity contribution >= 4 is 17.2 Å². The van der Waals surface area contributed by atoms with E-state index in [-0.39, 0.29) is 23.8 Å². The smallest absolute Gasteiger partial charge is 0.223 e. The molecule has 1 unspecified atom stereocenters. The van der Waals surface area contributed by atoms with Gasteiger partial charge in [-0.3, -0.25) is 4.79 Å². The number of rotatable bonds is 3. The molecule has 2 rings (SSSR count). The van der Waals surface area contributed by atoms with E-state index in [4.69, 9.17) is 5.11 Å². The van der Waals surface area contributed by atoms with Gasteiger partial charge in [-0.05, 0) is 30.4 Å². The number of aliphatic hydroxyl groups is 1. The van der Waals surface area contributed by atoms with Crippen LogP contribution in [0.5, 0.6) is 0 Å². The summed E-state index contributed by atoms with van der Waals surface area (Å²) < 4.78 is 0. The number of amides is 1. The predicted octanol–water partition coefficient (Wildman–Crippen LogP) is 2.53. The number of aliphatic hydroxyl groups excluding tert-OH is 1. The van der Waals surface area contributed by atoms with Crippen molar-refractivity contribution in [2.45, 2.75) is 39.7 Å².